The molecule has 0 unspecified atom stereocenters. The summed E-state index contributed by atoms with van der Waals surface area (Å²) in [7, 11) is 0. The van der Waals surface area contributed by atoms with Gasteiger partial charge in [0.05, 0.1) is 11.1 Å². The molecule has 0 aromatic heterocycles. The molecule has 0 amide bonds. The van der Waals surface area contributed by atoms with E-state index in [2.05, 4.69) is 40.3 Å². The number of rotatable bonds is 3. The zero-order valence-corrected chi connectivity index (χ0v) is 10.5. The fraction of sp³-hybridized carbons (Fsp3) is 0.500. The lowest BCUT2D eigenvalue weighted by atomic mass is 10.1. The average Bonchev–Trinajstić information content (AvgIpc) is 2.69. The number of nitrogens with one attached hydrogen (secondary N) is 1. The van der Waals surface area contributed by atoms with Crippen molar-refractivity contribution in [2.45, 2.75) is 13.3 Å². The van der Waals surface area contributed by atoms with E-state index in [-0.39, 0.29) is 0 Å². The van der Waals surface area contributed by atoms with Gasteiger partial charge in [-0.1, -0.05) is 6.07 Å². The number of aryl methyl sites for hydroxylation is 1. The van der Waals surface area contributed by atoms with Gasteiger partial charge in [0.15, 0.2) is 0 Å². The molecule has 2 nitrogen and oxygen atoms in total. The van der Waals surface area contributed by atoms with E-state index >= 15 is 0 Å². The molecular weight excluding hydrogens is 254 g/mol. The third-order valence-corrected chi connectivity index (χ3v) is 3.34. The lowest BCUT2D eigenvalue weighted by Crippen LogP contribution is -2.15. The summed E-state index contributed by atoms with van der Waals surface area (Å²) in [6.07, 6.45) is 1.23. The molecular formula is C12H16BrNO. The highest BCUT2D eigenvalue weighted by Gasteiger charge is 2.15. The Morgan fingerprint density at radius 1 is 1.53 bits per heavy atom. The summed E-state index contributed by atoms with van der Waals surface area (Å²) in [6, 6.07) is 6.19. The summed E-state index contributed by atoms with van der Waals surface area (Å²) < 4.78 is 6.84. The molecule has 1 N–H and O–H groups in total. The Morgan fingerprint density at radius 3 is 3.07 bits per heavy atom. The van der Waals surface area contributed by atoms with Gasteiger partial charge in [0.25, 0.3) is 0 Å². The lowest BCUT2D eigenvalue weighted by molar-refractivity contribution is 0.258. The molecule has 15 heavy (non-hydrogen) atoms. The molecule has 1 fully saturated rings. The minimum atomic E-state index is 0.665. The van der Waals surface area contributed by atoms with Gasteiger partial charge in [0.2, 0.25) is 0 Å². The van der Waals surface area contributed by atoms with Gasteiger partial charge in [-0.2, -0.15) is 0 Å². The highest BCUT2D eigenvalue weighted by molar-refractivity contribution is 9.10. The Kier molecular flexibility index (Phi) is 3.65. The van der Waals surface area contributed by atoms with Crippen molar-refractivity contribution in [3.8, 4) is 5.75 Å². The van der Waals surface area contributed by atoms with Gasteiger partial charge in [0, 0.05) is 12.5 Å². The Labute approximate surface area is 99.1 Å². The third-order valence-electron chi connectivity index (χ3n) is 2.72. The SMILES string of the molecule is Cc1ccc(OC[C@@H]2CCNC2)c(Br)c1. The van der Waals surface area contributed by atoms with Crippen LogP contribution in [0.25, 0.3) is 0 Å². The van der Waals surface area contributed by atoms with E-state index in [0.717, 1.165) is 29.9 Å². The van der Waals surface area contributed by atoms with Crippen molar-refractivity contribution in [3.05, 3.63) is 28.2 Å². The molecule has 0 spiro atoms. The van der Waals surface area contributed by atoms with E-state index < -0.39 is 0 Å². The number of benzene rings is 1. The van der Waals surface area contributed by atoms with Gasteiger partial charge >= 0.3 is 0 Å². The molecule has 1 aromatic carbocycles. The zero-order valence-electron chi connectivity index (χ0n) is 8.92. The van der Waals surface area contributed by atoms with Gasteiger partial charge in [-0.15, -0.1) is 0 Å². The Balaban J connectivity index is 1.92. The summed E-state index contributed by atoms with van der Waals surface area (Å²) in [5.74, 6) is 1.62. The van der Waals surface area contributed by atoms with Crippen LogP contribution in [-0.2, 0) is 0 Å². The molecule has 0 bridgehead atoms. The predicted molar refractivity (Wildman–Crippen MR) is 65.4 cm³/mol. The van der Waals surface area contributed by atoms with Crippen LogP contribution in [0.4, 0.5) is 0 Å². The summed E-state index contributed by atoms with van der Waals surface area (Å²) in [6.45, 7) is 5.11. The fourth-order valence-corrected chi connectivity index (χ4v) is 2.39. The minimum Gasteiger partial charge on any atom is -0.492 e. The molecule has 82 valence electrons. The van der Waals surface area contributed by atoms with E-state index in [1.54, 1.807) is 0 Å². The lowest BCUT2D eigenvalue weighted by Gasteiger charge is -2.12. The maximum Gasteiger partial charge on any atom is 0.133 e. The first kappa shape index (κ1) is 11.0. The molecule has 0 radical (unpaired) electrons. The first-order valence-electron chi connectivity index (χ1n) is 5.35. The monoisotopic (exact) mass is 269 g/mol. The zero-order chi connectivity index (χ0) is 10.7. The van der Waals surface area contributed by atoms with Crippen molar-refractivity contribution in [2.75, 3.05) is 19.7 Å². The number of hydrogen-bond acceptors (Lipinski definition) is 2. The number of ether oxygens (including phenoxy) is 1. The minimum absolute atomic E-state index is 0.665. The van der Waals surface area contributed by atoms with Crippen LogP contribution in [0.15, 0.2) is 22.7 Å². The second-order valence-electron chi connectivity index (χ2n) is 4.10. The molecule has 1 aliphatic rings. The summed E-state index contributed by atoms with van der Waals surface area (Å²) >= 11 is 3.52. The summed E-state index contributed by atoms with van der Waals surface area (Å²) in [5, 5.41) is 3.34. The topological polar surface area (TPSA) is 21.3 Å². The predicted octanol–water partition coefficient (Wildman–Crippen LogP) is 2.75. The van der Waals surface area contributed by atoms with Crippen LogP contribution in [-0.4, -0.2) is 19.7 Å². The Bertz CT molecular complexity index is 334. The molecule has 2 rings (SSSR count). The molecule has 0 saturated carbocycles. The molecule has 3 heteroatoms. The summed E-state index contributed by atoms with van der Waals surface area (Å²) in [5.41, 5.74) is 1.25. The van der Waals surface area contributed by atoms with E-state index in [0.29, 0.717) is 5.92 Å². The first-order valence-corrected chi connectivity index (χ1v) is 6.14. The van der Waals surface area contributed by atoms with Gasteiger partial charge in [-0.25, -0.2) is 0 Å². The second-order valence-corrected chi connectivity index (χ2v) is 4.96. The van der Waals surface area contributed by atoms with Crippen molar-refractivity contribution < 1.29 is 4.74 Å². The molecule has 1 saturated heterocycles. The van der Waals surface area contributed by atoms with E-state index in [1.807, 2.05) is 6.07 Å². The smallest absolute Gasteiger partial charge is 0.133 e. The summed E-state index contributed by atoms with van der Waals surface area (Å²) in [4.78, 5) is 0. The van der Waals surface area contributed by atoms with Crippen LogP contribution in [0.3, 0.4) is 0 Å². The standard InChI is InChI=1S/C12H16BrNO/c1-9-2-3-12(11(13)6-9)15-8-10-4-5-14-7-10/h2-3,6,10,14H,4-5,7-8H2,1H3/t10-/m1/s1. The highest BCUT2D eigenvalue weighted by atomic mass is 79.9. The van der Waals surface area contributed by atoms with Gasteiger partial charge in [-0.05, 0) is 53.5 Å². The van der Waals surface area contributed by atoms with Gasteiger partial charge in [0.1, 0.15) is 5.75 Å². The number of halogens is 1. The van der Waals surface area contributed by atoms with Crippen LogP contribution in [0.2, 0.25) is 0 Å². The molecule has 1 aromatic rings. The first-order chi connectivity index (χ1) is 7.25. The maximum absolute atomic E-state index is 5.79. The van der Waals surface area contributed by atoms with E-state index in [1.165, 1.54) is 12.0 Å². The number of hydrogen-bond donors (Lipinski definition) is 1. The molecule has 0 aliphatic carbocycles. The van der Waals surface area contributed by atoms with Crippen LogP contribution in [0.5, 0.6) is 5.75 Å². The maximum atomic E-state index is 5.79. The Morgan fingerprint density at radius 2 is 2.40 bits per heavy atom. The molecule has 1 aliphatic heterocycles. The van der Waals surface area contributed by atoms with Crippen LogP contribution in [0, 0.1) is 12.8 Å². The van der Waals surface area contributed by atoms with Gasteiger partial charge in [-0.3, -0.25) is 0 Å². The normalized spacial score (nSPS) is 20.5. The van der Waals surface area contributed by atoms with Gasteiger partial charge < -0.3 is 10.1 Å². The van der Waals surface area contributed by atoms with E-state index in [4.69, 9.17) is 4.74 Å². The van der Waals surface area contributed by atoms with E-state index in [9.17, 15) is 0 Å². The largest absolute Gasteiger partial charge is 0.492 e. The molecule has 1 heterocycles. The van der Waals surface area contributed by atoms with Crippen LogP contribution >= 0.6 is 15.9 Å². The fourth-order valence-electron chi connectivity index (χ4n) is 1.79. The average molecular weight is 270 g/mol. The second kappa shape index (κ2) is 4.99. The van der Waals surface area contributed by atoms with Crippen molar-refractivity contribution in [3.63, 3.8) is 0 Å². The quantitative estimate of drug-likeness (QED) is 0.911. The van der Waals surface area contributed by atoms with Crippen molar-refractivity contribution in [2.24, 2.45) is 5.92 Å². The third kappa shape index (κ3) is 2.95. The van der Waals surface area contributed by atoms with Crippen molar-refractivity contribution in [1.29, 1.82) is 0 Å². The highest BCUT2D eigenvalue weighted by Crippen LogP contribution is 2.26. The van der Waals surface area contributed by atoms with Crippen molar-refractivity contribution in [1.82, 2.24) is 5.32 Å². The molecule has 1 atom stereocenters. The Hall–Kier alpha value is -0.540. The van der Waals surface area contributed by atoms with Crippen LogP contribution < -0.4 is 10.1 Å². The van der Waals surface area contributed by atoms with Crippen molar-refractivity contribution >= 4 is 15.9 Å². The van der Waals surface area contributed by atoms with Crippen LogP contribution in [0.1, 0.15) is 12.0 Å².